The zero-order valence-corrected chi connectivity index (χ0v) is 16.4. The van der Waals surface area contributed by atoms with Crippen molar-refractivity contribution in [3.05, 3.63) is 30.0 Å². The summed E-state index contributed by atoms with van der Waals surface area (Å²) >= 11 is 0. The van der Waals surface area contributed by atoms with Crippen LogP contribution in [0.4, 0.5) is 4.79 Å². The lowest BCUT2D eigenvalue weighted by Crippen LogP contribution is -2.49. The van der Waals surface area contributed by atoms with Crippen molar-refractivity contribution in [1.82, 2.24) is 14.7 Å². The van der Waals surface area contributed by atoms with Crippen molar-refractivity contribution < 1.29 is 14.3 Å². The number of rotatable bonds is 2. The summed E-state index contributed by atoms with van der Waals surface area (Å²) in [5.74, 6) is 0.144. The number of ether oxygens (including phenoxy) is 1. The van der Waals surface area contributed by atoms with E-state index >= 15 is 0 Å². The summed E-state index contributed by atoms with van der Waals surface area (Å²) in [6, 6.07) is 6.00. The van der Waals surface area contributed by atoms with Crippen molar-refractivity contribution in [2.45, 2.75) is 64.1 Å². The first kappa shape index (κ1) is 18.0. The third kappa shape index (κ3) is 3.33. The molecule has 2 aliphatic rings. The number of carbonyl (C=O) groups is 2. The molecule has 2 aliphatic heterocycles. The van der Waals surface area contributed by atoms with Crippen LogP contribution in [-0.4, -0.2) is 44.2 Å². The van der Waals surface area contributed by atoms with Crippen LogP contribution in [0.3, 0.4) is 0 Å². The van der Waals surface area contributed by atoms with E-state index in [1.807, 2.05) is 57.1 Å². The average molecular weight is 369 g/mol. The fourth-order valence-electron chi connectivity index (χ4n) is 4.54. The molecular weight excluding hydrogens is 342 g/mol. The molecule has 2 atom stereocenters. The Morgan fingerprint density at radius 3 is 2.44 bits per heavy atom. The zero-order chi connectivity index (χ0) is 19.3. The second-order valence-electron chi connectivity index (χ2n) is 8.85. The molecule has 3 heterocycles. The molecular formula is C21H27N3O3. The highest BCUT2D eigenvalue weighted by Gasteiger charge is 2.46. The van der Waals surface area contributed by atoms with E-state index in [0.29, 0.717) is 0 Å². The largest absolute Gasteiger partial charge is 0.444 e. The number of piperidine rings is 1. The van der Waals surface area contributed by atoms with E-state index in [2.05, 4.69) is 5.10 Å². The van der Waals surface area contributed by atoms with Crippen molar-refractivity contribution in [1.29, 1.82) is 0 Å². The van der Waals surface area contributed by atoms with E-state index < -0.39 is 5.60 Å². The Labute approximate surface area is 159 Å². The summed E-state index contributed by atoms with van der Waals surface area (Å²) in [5.41, 5.74) is 1.21. The first-order chi connectivity index (χ1) is 12.7. The average Bonchev–Trinajstić information content (AvgIpc) is 3.09. The highest BCUT2D eigenvalue weighted by atomic mass is 16.6. The molecule has 2 aromatic rings. The minimum atomic E-state index is -0.498. The van der Waals surface area contributed by atoms with E-state index in [1.165, 1.54) is 0 Å². The standard InChI is InChI=1S/C21H27N3O3/c1-21(2,3)27-20(26)24-16-7-8-17(24)10-15(9-16)19(25)13-5-6-14-12-22-23(4)18(14)11-13/h5-6,11-12,15-17H,7-10H2,1-4H3. The van der Waals surface area contributed by atoms with Gasteiger partial charge < -0.3 is 9.64 Å². The Hall–Kier alpha value is -2.37. The predicted octanol–water partition coefficient (Wildman–Crippen LogP) is 3.93. The van der Waals surface area contributed by atoms with Crippen molar-refractivity contribution >= 4 is 22.8 Å². The van der Waals surface area contributed by atoms with Gasteiger partial charge in [-0.05, 0) is 52.5 Å². The topological polar surface area (TPSA) is 64.4 Å². The smallest absolute Gasteiger partial charge is 0.410 e. The molecule has 0 spiro atoms. The highest BCUT2D eigenvalue weighted by molar-refractivity contribution is 6.01. The van der Waals surface area contributed by atoms with Crippen molar-refractivity contribution in [2.24, 2.45) is 13.0 Å². The maximum Gasteiger partial charge on any atom is 0.410 e. The summed E-state index contributed by atoms with van der Waals surface area (Å²) in [6.45, 7) is 5.66. The summed E-state index contributed by atoms with van der Waals surface area (Å²) in [7, 11) is 1.89. The Morgan fingerprint density at radius 2 is 1.81 bits per heavy atom. The third-order valence-corrected chi connectivity index (χ3v) is 5.74. The number of fused-ring (bicyclic) bond motifs is 3. The number of nitrogens with zero attached hydrogens (tertiary/aromatic N) is 3. The number of aromatic nitrogens is 2. The van der Waals surface area contributed by atoms with Gasteiger partial charge in [-0.2, -0.15) is 5.10 Å². The normalized spacial score (nSPS) is 25.0. The Morgan fingerprint density at radius 1 is 1.15 bits per heavy atom. The highest BCUT2D eigenvalue weighted by Crippen LogP contribution is 2.40. The number of aryl methyl sites for hydroxylation is 1. The molecule has 144 valence electrons. The number of Topliss-reactive ketones (excluding diaryl/α,β-unsaturated/α-hetero) is 1. The second kappa shape index (κ2) is 6.36. The fraction of sp³-hybridized carbons (Fsp3) is 0.571. The second-order valence-corrected chi connectivity index (χ2v) is 8.85. The van der Waals surface area contributed by atoms with Crippen molar-refractivity contribution in [2.75, 3.05) is 0 Å². The molecule has 0 radical (unpaired) electrons. The van der Waals surface area contributed by atoms with E-state index in [4.69, 9.17) is 4.74 Å². The lowest BCUT2D eigenvalue weighted by molar-refractivity contribution is 0.00254. The monoisotopic (exact) mass is 369 g/mol. The van der Waals surface area contributed by atoms with Gasteiger partial charge in [0.15, 0.2) is 5.78 Å². The molecule has 0 saturated carbocycles. The van der Waals surface area contributed by atoms with Crippen LogP contribution in [0.15, 0.2) is 24.4 Å². The van der Waals surface area contributed by atoms with Crippen LogP contribution in [0.2, 0.25) is 0 Å². The van der Waals surface area contributed by atoms with E-state index in [1.54, 1.807) is 4.68 Å². The molecule has 6 heteroatoms. The van der Waals surface area contributed by atoms with Gasteiger partial charge in [0, 0.05) is 36.0 Å². The van der Waals surface area contributed by atoms with Crippen LogP contribution < -0.4 is 0 Å². The maximum absolute atomic E-state index is 13.1. The fourth-order valence-corrected chi connectivity index (χ4v) is 4.54. The number of ketones is 1. The van der Waals surface area contributed by atoms with Crippen LogP contribution >= 0.6 is 0 Å². The molecule has 2 unspecified atom stereocenters. The number of hydrogen-bond donors (Lipinski definition) is 0. The van der Waals surface area contributed by atoms with Crippen LogP contribution in [0.5, 0.6) is 0 Å². The quantitative estimate of drug-likeness (QED) is 0.752. The molecule has 2 bridgehead atoms. The molecule has 0 N–H and O–H groups in total. The molecule has 6 nitrogen and oxygen atoms in total. The van der Waals surface area contributed by atoms with E-state index in [9.17, 15) is 9.59 Å². The molecule has 1 amide bonds. The van der Waals surface area contributed by atoms with E-state index in [-0.39, 0.29) is 29.9 Å². The summed E-state index contributed by atoms with van der Waals surface area (Å²) < 4.78 is 7.38. The number of carbonyl (C=O) groups excluding carboxylic acids is 2. The predicted molar refractivity (Wildman–Crippen MR) is 103 cm³/mol. The van der Waals surface area contributed by atoms with Gasteiger partial charge in [0.2, 0.25) is 0 Å². The Bertz CT molecular complexity index is 882. The molecule has 4 rings (SSSR count). The van der Waals surface area contributed by atoms with Gasteiger partial charge in [0.05, 0.1) is 11.7 Å². The first-order valence-corrected chi connectivity index (χ1v) is 9.70. The van der Waals surface area contributed by atoms with Gasteiger partial charge >= 0.3 is 6.09 Å². The van der Waals surface area contributed by atoms with Crippen LogP contribution in [0, 0.1) is 5.92 Å². The Balaban J connectivity index is 1.51. The summed E-state index contributed by atoms with van der Waals surface area (Å²) in [6.07, 6.45) is 4.92. The lowest BCUT2D eigenvalue weighted by Gasteiger charge is -2.39. The summed E-state index contributed by atoms with van der Waals surface area (Å²) in [5, 5.41) is 5.28. The van der Waals surface area contributed by atoms with Gasteiger partial charge in [-0.3, -0.25) is 9.48 Å². The molecule has 0 aliphatic carbocycles. The third-order valence-electron chi connectivity index (χ3n) is 5.74. The maximum atomic E-state index is 13.1. The SMILES string of the molecule is Cn1ncc2ccc(C(=O)C3CC4CCC(C3)N4C(=O)OC(C)(C)C)cc21. The molecule has 2 fully saturated rings. The molecule has 2 saturated heterocycles. The van der Waals surface area contributed by atoms with Crippen molar-refractivity contribution in [3.8, 4) is 0 Å². The van der Waals surface area contributed by atoms with Crippen molar-refractivity contribution in [3.63, 3.8) is 0 Å². The van der Waals surface area contributed by atoms with Crippen LogP contribution in [0.25, 0.3) is 10.9 Å². The minimum Gasteiger partial charge on any atom is -0.444 e. The number of amides is 1. The van der Waals surface area contributed by atoms with Gasteiger partial charge in [-0.25, -0.2) is 4.79 Å². The van der Waals surface area contributed by atoms with Gasteiger partial charge in [0.1, 0.15) is 5.60 Å². The molecule has 1 aromatic carbocycles. The van der Waals surface area contributed by atoms with Gasteiger partial charge in [0.25, 0.3) is 0 Å². The first-order valence-electron chi connectivity index (χ1n) is 9.70. The van der Waals surface area contributed by atoms with E-state index in [0.717, 1.165) is 42.1 Å². The summed E-state index contributed by atoms with van der Waals surface area (Å²) in [4.78, 5) is 27.6. The lowest BCUT2D eigenvalue weighted by atomic mass is 9.85. The molecule has 27 heavy (non-hydrogen) atoms. The zero-order valence-electron chi connectivity index (χ0n) is 16.4. The molecule has 1 aromatic heterocycles. The Kier molecular flexibility index (Phi) is 4.24. The van der Waals surface area contributed by atoms with Gasteiger partial charge in [-0.1, -0.05) is 12.1 Å². The number of hydrogen-bond acceptors (Lipinski definition) is 4. The minimum absolute atomic E-state index is 0.0353. The van der Waals surface area contributed by atoms with Crippen LogP contribution in [-0.2, 0) is 11.8 Å². The van der Waals surface area contributed by atoms with Gasteiger partial charge in [-0.15, -0.1) is 0 Å². The van der Waals surface area contributed by atoms with Crippen LogP contribution in [0.1, 0.15) is 56.8 Å². The number of benzene rings is 1.